The predicted molar refractivity (Wildman–Crippen MR) is 87.7 cm³/mol. The number of alkyl halides is 3. The molecule has 0 heterocycles. The molecule has 26 heavy (non-hydrogen) atoms. The van der Waals surface area contributed by atoms with Crippen molar-refractivity contribution in [2.75, 3.05) is 0 Å². The smallest absolute Gasteiger partial charge is 0.344 e. The number of carbonyl (C=O) groups is 2. The fourth-order valence-electron chi connectivity index (χ4n) is 1.97. The number of halogens is 4. The molecule has 2 rings (SSSR count). The molecule has 0 aliphatic rings. The third kappa shape index (κ3) is 5.75. The molecule has 0 spiro atoms. The van der Waals surface area contributed by atoms with Crippen molar-refractivity contribution in [3.8, 4) is 0 Å². The van der Waals surface area contributed by atoms with E-state index in [9.17, 15) is 22.8 Å². The quantitative estimate of drug-likeness (QED) is 0.612. The van der Waals surface area contributed by atoms with Crippen molar-refractivity contribution in [2.24, 2.45) is 0 Å². The van der Waals surface area contributed by atoms with Crippen LogP contribution < -0.4 is 10.8 Å². The molecule has 0 atom stereocenters. The number of hydrogen-bond donors (Lipinski definition) is 2. The van der Waals surface area contributed by atoms with Crippen LogP contribution in [0.25, 0.3) is 0 Å². The van der Waals surface area contributed by atoms with E-state index in [0.717, 1.165) is 17.7 Å². The molecule has 0 saturated carbocycles. The zero-order chi connectivity index (χ0) is 19.2. The van der Waals surface area contributed by atoms with Crippen molar-refractivity contribution in [3.63, 3.8) is 0 Å². The Labute approximate surface area is 152 Å². The topological polar surface area (TPSA) is 67.4 Å². The van der Waals surface area contributed by atoms with Gasteiger partial charge < -0.3 is 5.32 Å². The minimum Gasteiger partial charge on any atom is -0.344 e. The van der Waals surface area contributed by atoms with Crippen LogP contribution in [0.5, 0.6) is 0 Å². The summed E-state index contributed by atoms with van der Waals surface area (Å²) in [6.07, 6.45) is -4.61. The van der Waals surface area contributed by atoms with Gasteiger partial charge in [-0.3, -0.25) is 14.4 Å². The molecule has 0 saturated heterocycles. The first kappa shape index (κ1) is 19.7. The first-order valence-electron chi connectivity index (χ1n) is 7.37. The summed E-state index contributed by atoms with van der Waals surface area (Å²) in [6, 6.07) is 12.1. The fourth-order valence-corrected chi connectivity index (χ4v) is 2.19. The summed E-state index contributed by atoms with van der Waals surface area (Å²) in [5.41, 5.74) is 1.88. The van der Waals surface area contributed by atoms with Crippen molar-refractivity contribution in [1.29, 1.82) is 0 Å². The Bertz CT molecular complexity index is 783. The van der Waals surface area contributed by atoms with Crippen molar-refractivity contribution in [3.05, 3.63) is 70.2 Å². The van der Waals surface area contributed by atoms with E-state index >= 15 is 0 Å². The lowest BCUT2D eigenvalue weighted by atomic mass is 10.1. The molecule has 0 aromatic heterocycles. The lowest BCUT2D eigenvalue weighted by Crippen LogP contribution is -2.39. The SMILES string of the molecule is O=C(NCc1ccc(Cl)c(C(F)(F)F)c1)C(=O)NOCc1ccccc1. The lowest BCUT2D eigenvalue weighted by molar-refractivity contribution is -0.147. The van der Waals surface area contributed by atoms with Gasteiger partial charge in [0.2, 0.25) is 0 Å². The highest BCUT2D eigenvalue weighted by Gasteiger charge is 2.33. The van der Waals surface area contributed by atoms with Crippen LogP contribution in [0.2, 0.25) is 5.02 Å². The maximum Gasteiger partial charge on any atom is 0.417 e. The highest BCUT2D eigenvalue weighted by Crippen LogP contribution is 2.35. The van der Waals surface area contributed by atoms with Gasteiger partial charge in [0.1, 0.15) is 0 Å². The molecule has 2 amide bonds. The second-order valence-corrected chi connectivity index (χ2v) is 5.61. The predicted octanol–water partition coefficient (Wildman–Crippen LogP) is 3.22. The molecule has 2 aromatic rings. The van der Waals surface area contributed by atoms with Gasteiger partial charge in [0.25, 0.3) is 0 Å². The van der Waals surface area contributed by atoms with Crippen LogP contribution in [0.1, 0.15) is 16.7 Å². The molecule has 0 bridgehead atoms. The first-order chi connectivity index (χ1) is 12.3. The minimum absolute atomic E-state index is 0.0615. The van der Waals surface area contributed by atoms with E-state index in [-0.39, 0.29) is 18.7 Å². The Morgan fingerprint density at radius 3 is 2.35 bits per heavy atom. The molecule has 0 aliphatic carbocycles. The van der Waals surface area contributed by atoms with Gasteiger partial charge in [-0.15, -0.1) is 0 Å². The van der Waals surface area contributed by atoms with Crippen LogP contribution in [0.3, 0.4) is 0 Å². The summed E-state index contributed by atoms with van der Waals surface area (Å²) in [5.74, 6) is -2.10. The van der Waals surface area contributed by atoms with E-state index in [1.54, 1.807) is 24.3 Å². The van der Waals surface area contributed by atoms with E-state index in [1.165, 1.54) is 6.07 Å². The second-order valence-electron chi connectivity index (χ2n) is 5.20. The Balaban J connectivity index is 1.83. The van der Waals surface area contributed by atoms with Gasteiger partial charge in [-0.2, -0.15) is 13.2 Å². The second kappa shape index (κ2) is 8.68. The number of hydroxylamine groups is 1. The van der Waals surface area contributed by atoms with E-state index in [1.807, 2.05) is 11.5 Å². The maximum atomic E-state index is 12.8. The Hall–Kier alpha value is -2.58. The molecule has 0 unspecified atom stereocenters. The van der Waals surface area contributed by atoms with Crippen LogP contribution in [0.15, 0.2) is 48.5 Å². The normalized spacial score (nSPS) is 11.1. The number of benzene rings is 2. The summed E-state index contributed by atoms with van der Waals surface area (Å²) in [4.78, 5) is 28.1. The summed E-state index contributed by atoms with van der Waals surface area (Å²) in [5, 5.41) is 1.76. The average Bonchev–Trinajstić information content (AvgIpc) is 2.60. The average molecular weight is 387 g/mol. The molecule has 2 N–H and O–H groups in total. The van der Waals surface area contributed by atoms with Gasteiger partial charge in [0, 0.05) is 6.54 Å². The van der Waals surface area contributed by atoms with Gasteiger partial charge in [-0.1, -0.05) is 48.0 Å². The third-order valence-corrected chi connectivity index (χ3v) is 3.57. The molecule has 0 radical (unpaired) electrons. The summed E-state index contributed by atoms with van der Waals surface area (Å²) in [6.45, 7) is -0.211. The van der Waals surface area contributed by atoms with E-state index < -0.39 is 28.6 Å². The summed E-state index contributed by atoms with van der Waals surface area (Å²) < 4.78 is 38.3. The molecular formula is C17H14ClF3N2O3. The molecule has 138 valence electrons. The van der Waals surface area contributed by atoms with Crippen molar-refractivity contribution < 1.29 is 27.6 Å². The van der Waals surface area contributed by atoms with Gasteiger partial charge >= 0.3 is 18.0 Å². The van der Waals surface area contributed by atoms with E-state index in [2.05, 4.69) is 5.32 Å². The number of nitrogens with one attached hydrogen (secondary N) is 2. The van der Waals surface area contributed by atoms with Gasteiger partial charge in [0.15, 0.2) is 0 Å². The monoisotopic (exact) mass is 386 g/mol. The van der Waals surface area contributed by atoms with Gasteiger partial charge in [-0.25, -0.2) is 5.48 Å². The maximum absolute atomic E-state index is 12.8. The van der Waals surface area contributed by atoms with Crippen LogP contribution in [-0.2, 0) is 33.8 Å². The highest BCUT2D eigenvalue weighted by molar-refractivity contribution is 6.34. The highest BCUT2D eigenvalue weighted by atomic mass is 35.5. The molecule has 0 fully saturated rings. The Kier molecular flexibility index (Phi) is 6.59. The zero-order valence-corrected chi connectivity index (χ0v) is 14.0. The van der Waals surface area contributed by atoms with Crippen molar-refractivity contribution in [1.82, 2.24) is 10.8 Å². The molecule has 0 aliphatic heterocycles. The number of amides is 2. The van der Waals surface area contributed by atoms with Crippen LogP contribution in [0.4, 0.5) is 13.2 Å². The zero-order valence-electron chi connectivity index (χ0n) is 13.3. The number of rotatable bonds is 5. The molecular weight excluding hydrogens is 373 g/mol. The van der Waals surface area contributed by atoms with Gasteiger partial charge in [-0.05, 0) is 23.3 Å². The van der Waals surface area contributed by atoms with Gasteiger partial charge in [0.05, 0.1) is 17.2 Å². The van der Waals surface area contributed by atoms with Crippen LogP contribution in [0, 0.1) is 0 Å². The first-order valence-corrected chi connectivity index (χ1v) is 7.74. The standard InChI is InChI=1S/C17H14ClF3N2O3/c18-14-7-6-12(8-13(14)17(19,20)21)9-22-15(24)16(25)23-26-10-11-4-2-1-3-5-11/h1-8H,9-10H2,(H,22,24)(H,23,25). The van der Waals surface area contributed by atoms with Crippen molar-refractivity contribution in [2.45, 2.75) is 19.3 Å². The number of hydrogen-bond acceptors (Lipinski definition) is 3. The summed E-state index contributed by atoms with van der Waals surface area (Å²) in [7, 11) is 0. The Morgan fingerprint density at radius 2 is 1.69 bits per heavy atom. The molecule has 9 heteroatoms. The Morgan fingerprint density at radius 1 is 1.00 bits per heavy atom. The van der Waals surface area contributed by atoms with E-state index in [0.29, 0.717) is 0 Å². The van der Waals surface area contributed by atoms with Crippen LogP contribution >= 0.6 is 11.6 Å². The largest absolute Gasteiger partial charge is 0.417 e. The third-order valence-electron chi connectivity index (χ3n) is 3.24. The number of carbonyl (C=O) groups excluding carboxylic acids is 2. The minimum atomic E-state index is -4.61. The summed E-state index contributed by atoms with van der Waals surface area (Å²) >= 11 is 5.51. The molecule has 2 aromatic carbocycles. The molecule has 5 nitrogen and oxygen atoms in total. The van der Waals surface area contributed by atoms with E-state index in [4.69, 9.17) is 16.4 Å². The fraction of sp³-hybridized carbons (Fsp3) is 0.176. The van der Waals surface area contributed by atoms with Crippen LogP contribution in [-0.4, -0.2) is 11.8 Å². The van der Waals surface area contributed by atoms with Crippen molar-refractivity contribution >= 4 is 23.4 Å². The lowest BCUT2D eigenvalue weighted by Gasteiger charge is -2.11.